The number of hydrogen-bond acceptors (Lipinski definition) is 3. The normalized spacial score (nSPS) is 11.1. The molecule has 0 aliphatic carbocycles. The number of nitrogens with one attached hydrogen (secondary N) is 1. The summed E-state index contributed by atoms with van der Waals surface area (Å²) in [4.78, 5) is 11.3. The molecule has 0 aliphatic heterocycles. The summed E-state index contributed by atoms with van der Waals surface area (Å²) >= 11 is 0. The zero-order valence-electron chi connectivity index (χ0n) is 11.9. The number of benzene rings is 1. The van der Waals surface area contributed by atoms with Crippen LogP contribution in [0.4, 0.5) is 4.79 Å². The van der Waals surface area contributed by atoms with Gasteiger partial charge in [0.25, 0.3) is 0 Å². The lowest BCUT2D eigenvalue weighted by molar-refractivity contribution is 0.0518. The Bertz CT molecular complexity index is 371. The Morgan fingerprint density at radius 2 is 1.89 bits per heavy atom. The van der Waals surface area contributed by atoms with E-state index in [0.717, 1.165) is 12.0 Å². The standard InChI is InChI=1S/C15H23NO3/c1-15(2,3)19-14(17)16-10-7-11-18-12-13-8-5-4-6-9-13/h4-6,8-9H,7,10-12H2,1-3H3,(H,16,17). The zero-order valence-corrected chi connectivity index (χ0v) is 11.9. The highest BCUT2D eigenvalue weighted by atomic mass is 16.6. The second kappa shape index (κ2) is 7.79. The molecule has 4 nitrogen and oxygen atoms in total. The van der Waals surface area contributed by atoms with Gasteiger partial charge in [0.1, 0.15) is 5.60 Å². The second-order valence-corrected chi connectivity index (χ2v) is 5.32. The summed E-state index contributed by atoms with van der Waals surface area (Å²) in [7, 11) is 0. The van der Waals surface area contributed by atoms with Crippen molar-refractivity contribution in [1.82, 2.24) is 5.32 Å². The highest BCUT2D eigenvalue weighted by molar-refractivity contribution is 5.67. The minimum Gasteiger partial charge on any atom is -0.444 e. The molecular formula is C15H23NO3. The number of amides is 1. The maximum Gasteiger partial charge on any atom is 0.407 e. The Labute approximate surface area is 115 Å². The molecule has 0 saturated carbocycles. The van der Waals surface area contributed by atoms with Crippen molar-refractivity contribution in [2.24, 2.45) is 0 Å². The summed E-state index contributed by atoms with van der Waals surface area (Å²) in [5.74, 6) is 0. The molecule has 1 amide bonds. The molecule has 1 aromatic carbocycles. The SMILES string of the molecule is CC(C)(C)OC(=O)NCCCOCc1ccccc1. The van der Waals surface area contributed by atoms with Crippen molar-refractivity contribution in [3.63, 3.8) is 0 Å². The van der Waals surface area contributed by atoms with E-state index in [1.54, 1.807) is 0 Å². The molecule has 0 aromatic heterocycles. The van der Waals surface area contributed by atoms with Crippen LogP contribution in [0.1, 0.15) is 32.8 Å². The maximum absolute atomic E-state index is 11.3. The van der Waals surface area contributed by atoms with Crippen LogP contribution in [0, 0.1) is 0 Å². The van der Waals surface area contributed by atoms with Gasteiger partial charge >= 0.3 is 6.09 Å². The van der Waals surface area contributed by atoms with E-state index in [2.05, 4.69) is 5.32 Å². The molecule has 0 saturated heterocycles. The predicted molar refractivity (Wildman–Crippen MR) is 75.0 cm³/mol. The fraction of sp³-hybridized carbons (Fsp3) is 0.533. The molecule has 0 radical (unpaired) electrons. The Balaban J connectivity index is 2.01. The lowest BCUT2D eigenvalue weighted by atomic mass is 10.2. The lowest BCUT2D eigenvalue weighted by Gasteiger charge is -2.19. The van der Waals surface area contributed by atoms with E-state index in [-0.39, 0.29) is 6.09 Å². The first-order valence-electron chi connectivity index (χ1n) is 6.56. The molecule has 1 N–H and O–H groups in total. The highest BCUT2D eigenvalue weighted by Crippen LogP contribution is 2.06. The van der Waals surface area contributed by atoms with E-state index in [0.29, 0.717) is 19.8 Å². The van der Waals surface area contributed by atoms with Crippen LogP contribution < -0.4 is 5.32 Å². The van der Waals surface area contributed by atoms with Crippen LogP contribution in [0.15, 0.2) is 30.3 Å². The molecule has 0 aliphatic rings. The van der Waals surface area contributed by atoms with Crippen LogP contribution in [0.3, 0.4) is 0 Å². The molecular weight excluding hydrogens is 242 g/mol. The van der Waals surface area contributed by atoms with Gasteiger partial charge in [-0.1, -0.05) is 30.3 Å². The number of carbonyl (C=O) groups excluding carboxylic acids is 1. The average Bonchev–Trinajstić information content (AvgIpc) is 2.32. The number of rotatable bonds is 6. The maximum atomic E-state index is 11.3. The molecule has 0 bridgehead atoms. The molecule has 0 atom stereocenters. The monoisotopic (exact) mass is 265 g/mol. The van der Waals surface area contributed by atoms with Crippen LogP contribution in [0.2, 0.25) is 0 Å². The van der Waals surface area contributed by atoms with Gasteiger partial charge in [-0.3, -0.25) is 0 Å². The highest BCUT2D eigenvalue weighted by Gasteiger charge is 2.15. The first kappa shape index (κ1) is 15.5. The van der Waals surface area contributed by atoms with Crippen molar-refractivity contribution in [2.75, 3.05) is 13.2 Å². The van der Waals surface area contributed by atoms with E-state index >= 15 is 0 Å². The first-order chi connectivity index (χ1) is 8.97. The van der Waals surface area contributed by atoms with Gasteiger partial charge in [-0.2, -0.15) is 0 Å². The van der Waals surface area contributed by atoms with Crippen molar-refractivity contribution in [3.05, 3.63) is 35.9 Å². The van der Waals surface area contributed by atoms with Crippen molar-refractivity contribution in [2.45, 2.75) is 39.4 Å². The molecule has 0 unspecified atom stereocenters. The first-order valence-corrected chi connectivity index (χ1v) is 6.56. The molecule has 4 heteroatoms. The quantitative estimate of drug-likeness (QED) is 0.804. The third-order valence-corrected chi connectivity index (χ3v) is 2.25. The zero-order chi connectivity index (χ0) is 14.1. The van der Waals surface area contributed by atoms with Crippen molar-refractivity contribution in [3.8, 4) is 0 Å². The Morgan fingerprint density at radius 3 is 2.53 bits per heavy atom. The van der Waals surface area contributed by atoms with Gasteiger partial charge in [0.05, 0.1) is 6.61 Å². The van der Waals surface area contributed by atoms with Gasteiger partial charge in [0, 0.05) is 13.2 Å². The Kier molecular flexibility index (Phi) is 6.36. The number of ether oxygens (including phenoxy) is 2. The summed E-state index contributed by atoms with van der Waals surface area (Å²) in [6, 6.07) is 10.0. The largest absolute Gasteiger partial charge is 0.444 e. The van der Waals surface area contributed by atoms with Gasteiger partial charge in [0.2, 0.25) is 0 Å². The minimum atomic E-state index is -0.451. The lowest BCUT2D eigenvalue weighted by Crippen LogP contribution is -2.33. The Morgan fingerprint density at radius 1 is 1.21 bits per heavy atom. The van der Waals surface area contributed by atoms with E-state index in [9.17, 15) is 4.79 Å². The van der Waals surface area contributed by atoms with Crippen LogP contribution in [-0.4, -0.2) is 24.8 Å². The number of hydrogen-bond donors (Lipinski definition) is 1. The third kappa shape index (κ3) is 8.21. The van der Waals surface area contributed by atoms with Gasteiger partial charge in [-0.05, 0) is 32.8 Å². The fourth-order valence-corrected chi connectivity index (χ4v) is 1.44. The molecule has 0 fully saturated rings. The average molecular weight is 265 g/mol. The summed E-state index contributed by atoms with van der Waals surface area (Å²) in [6.07, 6.45) is 0.391. The van der Waals surface area contributed by atoms with Gasteiger partial charge < -0.3 is 14.8 Å². The van der Waals surface area contributed by atoms with Gasteiger partial charge in [-0.25, -0.2) is 4.79 Å². The summed E-state index contributed by atoms with van der Waals surface area (Å²) in [5, 5.41) is 2.70. The topological polar surface area (TPSA) is 47.6 Å². The smallest absolute Gasteiger partial charge is 0.407 e. The molecule has 106 valence electrons. The Hall–Kier alpha value is -1.55. The summed E-state index contributed by atoms with van der Waals surface area (Å²) < 4.78 is 10.6. The second-order valence-electron chi connectivity index (χ2n) is 5.32. The number of carbonyl (C=O) groups is 1. The van der Waals surface area contributed by atoms with Gasteiger partial charge in [-0.15, -0.1) is 0 Å². The van der Waals surface area contributed by atoms with E-state index in [1.165, 1.54) is 0 Å². The predicted octanol–water partition coefficient (Wildman–Crippen LogP) is 3.12. The van der Waals surface area contributed by atoms with Crippen molar-refractivity contribution in [1.29, 1.82) is 0 Å². The van der Waals surface area contributed by atoms with Crippen LogP contribution in [0.25, 0.3) is 0 Å². The molecule has 19 heavy (non-hydrogen) atoms. The van der Waals surface area contributed by atoms with Crippen molar-refractivity contribution >= 4 is 6.09 Å². The summed E-state index contributed by atoms with van der Waals surface area (Å²) in [6.45, 7) is 7.31. The van der Waals surface area contributed by atoms with Crippen LogP contribution in [-0.2, 0) is 16.1 Å². The fourth-order valence-electron chi connectivity index (χ4n) is 1.44. The molecule has 1 rings (SSSR count). The summed E-state index contributed by atoms with van der Waals surface area (Å²) in [5.41, 5.74) is 0.705. The van der Waals surface area contributed by atoms with E-state index < -0.39 is 5.60 Å². The molecule has 0 heterocycles. The van der Waals surface area contributed by atoms with E-state index in [4.69, 9.17) is 9.47 Å². The van der Waals surface area contributed by atoms with Crippen molar-refractivity contribution < 1.29 is 14.3 Å². The van der Waals surface area contributed by atoms with Gasteiger partial charge in [0.15, 0.2) is 0 Å². The van der Waals surface area contributed by atoms with E-state index in [1.807, 2.05) is 51.1 Å². The third-order valence-electron chi connectivity index (χ3n) is 2.25. The minimum absolute atomic E-state index is 0.379. The number of alkyl carbamates (subject to hydrolysis) is 1. The van der Waals surface area contributed by atoms with Crippen LogP contribution >= 0.6 is 0 Å². The van der Waals surface area contributed by atoms with Crippen LogP contribution in [0.5, 0.6) is 0 Å². The molecule has 1 aromatic rings. The molecule has 0 spiro atoms.